The average molecular weight is 423 g/mol. The van der Waals surface area contributed by atoms with Crippen LogP contribution in [-0.4, -0.2) is 20.4 Å². The monoisotopic (exact) mass is 422 g/mol. The van der Waals surface area contributed by atoms with Gasteiger partial charge in [-0.2, -0.15) is 0 Å². The molecule has 0 bridgehead atoms. The number of halogens is 1. The number of carbonyl (C=O) groups excluding carboxylic acids is 1. The van der Waals surface area contributed by atoms with Crippen LogP contribution in [0.5, 0.6) is 0 Å². The van der Waals surface area contributed by atoms with Crippen LogP contribution in [0.2, 0.25) is 0 Å². The van der Waals surface area contributed by atoms with Crippen molar-refractivity contribution in [2.75, 3.05) is 0 Å². The molecule has 0 saturated heterocycles. The summed E-state index contributed by atoms with van der Waals surface area (Å²) in [5.41, 5.74) is 1.40. The van der Waals surface area contributed by atoms with Crippen LogP contribution >= 0.6 is 15.9 Å². The zero-order chi connectivity index (χ0) is 18.0. The maximum absolute atomic E-state index is 12.4. The fraction of sp³-hybridized carbons (Fsp3) is 0.278. The predicted octanol–water partition coefficient (Wildman–Crippen LogP) is 3.38. The molecule has 7 heteroatoms. The smallest absolute Gasteiger partial charge is 0.251 e. The molecule has 1 amide bonds. The van der Waals surface area contributed by atoms with Gasteiger partial charge in [-0.3, -0.25) is 4.79 Å². The van der Waals surface area contributed by atoms with Gasteiger partial charge in [0.1, 0.15) is 0 Å². The van der Waals surface area contributed by atoms with E-state index < -0.39 is 10.0 Å². The fourth-order valence-corrected chi connectivity index (χ4v) is 4.39. The number of benzene rings is 2. The third-order valence-electron chi connectivity index (χ3n) is 4.05. The van der Waals surface area contributed by atoms with Gasteiger partial charge in [0.15, 0.2) is 0 Å². The molecule has 1 atom stereocenters. The molecule has 1 saturated carbocycles. The summed E-state index contributed by atoms with van der Waals surface area (Å²) in [5.74, 6) is -0.248. The zero-order valence-corrected chi connectivity index (χ0v) is 16.1. The summed E-state index contributed by atoms with van der Waals surface area (Å²) in [5, 5.41) is 2.92. The van der Waals surface area contributed by atoms with Crippen LogP contribution in [0.3, 0.4) is 0 Å². The van der Waals surface area contributed by atoms with Gasteiger partial charge in [-0.25, -0.2) is 13.1 Å². The van der Waals surface area contributed by atoms with Crippen LogP contribution in [0.1, 0.15) is 41.7 Å². The summed E-state index contributed by atoms with van der Waals surface area (Å²) < 4.78 is 27.8. The van der Waals surface area contributed by atoms with E-state index in [0.717, 1.165) is 22.9 Å². The van der Waals surface area contributed by atoms with Gasteiger partial charge >= 0.3 is 0 Å². The van der Waals surface area contributed by atoms with Gasteiger partial charge in [0.2, 0.25) is 10.0 Å². The highest BCUT2D eigenvalue weighted by Crippen LogP contribution is 2.24. The minimum Gasteiger partial charge on any atom is -0.345 e. The first-order chi connectivity index (χ1) is 11.9. The van der Waals surface area contributed by atoms with Crippen molar-refractivity contribution in [3.05, 3.63) is 64.1 Å². The van der Waals surface area contributed by atoms with Crippen molar-refractivity contribution >= 4 is 31.9 Å². The molecule has 2 N–H and O–H groups in total. The number of hydrogen-bond donors (Lipinski definition) is 2. The van der Waals surface area contributed by atoms with Gasteiger partial charge in [0.05, 0.1) is 10.9 Å². The summed E-state index contributed by atoms with van der Waals surface area (Å²) >= 11 is 3.47. The molecule has 2 aromatic rings. The predicted molar refractivity (Wildman–Crippen MR) is 99.8 cm³/mol. The maximum Gasteiger partial charge on any atom is 0.251 e. The molecule has 0 radical (unpaired) electrons. The fourth-order valence-electron chi connectivity index (χ4n) is 2.46. The second kappa shape index (κ2) is 7.27. The first kappa shape index (κ1) is 18.1. The first-order valence-electron chi connectivity index (χ1n) is 8.04. The van der Waals surface area contributed by atoms with Crippen molar-refractivity contribution in [1.29, 1.82) is 0 Å². The van der Waals surface area contributed by atoms with Crippen LogP contribution in [0.4, 0.5) is 0 Å². The van der Waals surface area contributed by atoms with Crippen LogP contribution < -0.4 is 10.0 Å². The van der Waals surface area contributed by atoms with E-state index in [2.05, 4.69) is 26.0 Å². The molecule has 0 heterocycles. The minimum atomic E-state index is -3.50. The molecular weight excluding hydrogens is 404 g/mol. The standard InChI is InChI=1S/C18H19BrN2O3S/c1-12(16-4-2-3-5-17(16)19)20-18(22)13-6-10-15(11-7-13)25(23,24)21-14-8-9-14/h2-7,10-12,14,21H,8-9H2,1H3,(H,20,22)/t12-/m1/s1. The highest BCUT2D eigenvalue weighted by molar-refractivity contribution is 9.10. The Hall–Kier alpha value is -1.70. The number of amides is 1. The normalized spacial score (nSPS) is 15.6. The number of carbonyl (C=O) groups is 1. The Morgan fingerprint density at radius 2 is 1.76 bits per heavy atom. The van der Waals surface area contributed by atoms with Crippen molar-refractivity contribution in [2.45, 2.75) is 36.7 Å². The molecular formula is C18H19BrN2O3S. The van der Waals surface area contributed by atoms with Crippen molar-refractivity contribution in [3.8, 4) is 0 Å². The Kier molecular flexibility index (Phi) is 5.27. The van der Waals surface area contributed by atoms with Gasteiger partial charge in [-0.1, -0.05) is 34.1 Å². The Labute approximate surface area is 156 Å². The van der Waals surface area contributed by atoms with E-state index in [1.165, 1.54) is 24.3 Å². The van der Waals surface area contributed by atoms with Gasteiger partial charge in [-0.15, -0.1) is 0 Å². The van der Waals surface area contributed by atoms with Gasteiger partial charge in [0, 0.05) is 16.1 Å². The van der Waals surface area contributed by atoms with Crippen molar-refractivity contribution in [3.63, 3.8) is 0 Å². The van der Waals surface area contributed by atoms with E-state index >= 15 is 0 Å². The Morgan fingerprint density at radius 1 is 1.12 bits per heavy atom. The Bertz CT molecular complexity index is 877. The van der Waals surface area contributed by atoms with Crippen molar-refractivity contribution in [1.82, 2.24) is 10.0 Å². The van der Waals surface area contributed by atoms with E-state index in [1.54, 1.807) is 0 Å². The molecule has 1 aliphatic rings. The SMILES string of the molecule is C[C@@H](NC(=O)c1ccc(S(=O)(=O)NC2CC2)cc1)c1ccccc1Br. The lowest BCUT2D eigenvalue weighted by atomic mass is 10.1. The Morgan fingerprint density at radius 3 is 2.36 bits per heavy atom. The third kappa shape index (κ3) is 4.48. The lowest BCUT2D eigenvalue weighted by Crippen LogP contribution is -2.27. The molecule has 1 aliphatic carbocycles. The summed E-state index contributed by atoms with van der Waals surface area (Å²) in [7, 11) is -3.50. The van der Waals surface area contributed by atoms with Gasteiger partial charge in [0.25, 0.3) is 5.91 Å². The maximum atomic E-state index is 12.4. The number of sulfonamides is 1. The summed E-state index contributed by atoms with van der Waals surface area (Å²) in [6, 6.07) is 13.5. The second-order valence-corrected chi connectivity index (χ2v) is 8.70. The van der Waals surface area contributed by atoms with Crippen LogP contribution in [0.25, 0.3) is 0 Å². The summed E-state index contributed by atoms with van der Waals surface area (Å²) in [4.78, 5) is 12.6. The molecule has 25 heavy (non-hydrogen) atoms. The van der Waals surface area contributed by atoms with Crippen LogP contribution in [0.15, 0.2) is 57.9 Å². The molecule has 5 nitrogen and oxygen atoms in total. The van der Waals surface area contributed by atoms with E-state index in [0.29, 0.717) is 5.56 Å². The number of rotatable bonds is 6. The molecule has 0 aromatic heterocycles. The molecule has 0 aliphatic heterocycles. The van der Waals surface area contributed by atoms with Crippen molar-refractivity contribution in [2.24, 2.45) is 0 Å². The van der Waals surface area contributed by atoms with E-state index in [-0.39, 0.29) is 22.9 Å². The molecule has 1 fully saturated rings. The lowest BCUT2D eigenvalue weighted by Gasteiger charge is -2.16. The molecule has 2 aromatic carbocycles. The van der Waals surface area contributed by atoms with Crippen LogP contribution in [0, 0.1) is 0 Å². The molecule has 132 valence electrons. The second-order valence-electron chi connectivity index (χ2n) is 6.14. The molecule has 0 unspecified atom stereocenters. The number of hydrogen-bond acceptors (Lipinski definition) is 3. The quantitative estimate of drug-likeness (QED) is 0.748. The first-order valence-corrected chi connectivity index (χ1v) is 10.3. The highest BCUT2D eigenvalue weighted by atomic mass is 79.9. The molecule has 0 spiro atoms. The minimum absolute atomic E-state index is 0.0538. The van der Waals surface area contributed by atoms with Crippen molar-refractivity contribution < 1.29 is 13.2 Å². The Balaban J connectivity index is 1.69. The van der Waals surface area contributed by atoms with E-state index in [1.807, 2.05) is 31.2 Å². The van der Waals surface area contributed by atoms with Crippen LogP contribution in [-0.2, 0) is 10.0 Å². The topological polar surface area (TPSA) is 75.3 Å². The zero-order valence-electron chi connectivity index (χ0n) is 13.7. The lowest BCUT2D eigenvalue weighted by molar-refractivity contribution is 0.0939. The van der Waals surface area contributed by atoms with E-state index in [4.69, 9.17) is 0 Å². The van der Waals surface area contributed by atoms with E-state index in [9.17, 15) is 13.2 Å². The largest absolute Gasteiger partial charge is 0.345 e. The van der Waals surface area contributed by atoms with Gasteiger partial charge < -0.3 is 5.32 Å². The average Bonchev–Trinajstić information content (AvgIpc) is 3.38. The third-order valence-corrected chi connectivity index (χ3v) is 6.30. The highest BCUT2D eigenvalue weighted by Gasteiger charge is 2.28. The number of nitrogens with one attached hydrogen (secondary N) is 2. The summed E-state index contributed by atoms with van der Waals surface area (Å²) in [6.45, 7) is 1.90. The summed E-state index contributed by atoms with van der Waals surface area (Å²) in [6.07, 6.45) is 1.76. The molecule has 3 rings (SSSR count). The van der Waals surface area contributed by atoms with Gasteiger partial charge in [-0.05, 0) is 55.7 Å².